The number of aromatic nitrogens is 3. The number of benzene rings is 1. The summed E-state index contributed by atoms with van der Waals surface area (Å²) in [4.78, 5) is 5.35. The summed E-state index contributed by atoms with van der Waals surface area (Å²) in [5.74, 6) is 1.15. The van der Waals surface area contributed by atoms with Crippen LogP contribution in [0, 0.1) is 0 Å². The Morgan fingerprint density at radius 3 is 2.76 bits per heavy atom. The van der Waals surface area contributed by atoms with E-state index in [1.165, 1.54) is 0 Å². The van der Waals surface area contributed by atoms with E-state index in [0.29, 0.717) is 5.88 Å². The summed E-state index contributed by atoms with van der Waals surface area (Å²) in [7, 11) is 0. The van der Waals surface area contributed by atoms with Crippen LogP contribution >= 0.6 is 38.9 Å². The highest BCUT2D eigenvalue weighted by atomic mass is 79.9. The fourth-order valence-corrected chi connectivity index (χ4v) is 3.62. The number of fused-ring (bicyclic) bond motifs is 1. The molecule has 3 rings (SSSR count). The highest BCUT2D eigenvalue weighted by Gasteiger charge is 2.14. The van der Waals surface area contributed by atoms with Gasteiger partial charge < -0.3 is 0 Å². The molecule has 3 aromatic rings. The van der Waals surface area contributed by atoms with E-state index in [1.807, 2.05) is 30.3 Å². The number of nitrogens with zero attached hydrogens (tertiary/aromatic N) is 3. The molecule has 0 bridgehead atoms. The predicted octanol–water partition coefficient (Wildman–Crippen LogP) is 3.96. The maximum atomic E-state index is 5.90. The van der Waals surface area contributed by atoms with Crippen molar-refractivity contribution in [3.8, 4) is 11.4 Å². The molecule has 6 heteroatoms. The number of alkyl halides is 1. The first-order valence-electron chi connectivity index (χ1n) is 4.95. The zero-order chi connectivity index (χ0) is 11.8. The van der Waals surface area contributed by atoms with Gasteiger partial charge in [-0.2, -0.15) is 4.98 Å². The van der Waals surface area contributed by atoms with Gasteiger partial charge in [-0.05, 0) is 15.9 Å². The van der Waals surface area contributed by atoms with Gasteiger partial charge in [0, 0.05) is 5.56 Å². The van der Waals surface area contributed by atoms with Gasteiger partial charge in [0.15, 0.2) is 5.82 Å². The van der Waals surface area contributed by atoms with Crippen molar-refractivity contribution in [2.75, 3.05) is 0 Å². The van der Waals surface area contributed by atoms with Crippen LogP contribution in [0.5, 0.6) is 0 Å². The molecular formula is C11H7BrClN3S. The molecule has 0 saturated carbocycles. The van der Waals surface area contributed by atoms with Gasteiger partial charge in [0.05, 0.1) is 15.4 Å². The summed E-state index contributed by atoms with van der Waals surface area (Å²) < 4.78 is 2.78. The molecule has 0 aliphatic rings. The summed E-state index contributed by atoms with van der Waals surface area (Å²) >= 11 is 10.9. The van der Waals surface area contributed by atoms with Gasteiger partial charge >= 0.3 is 0 Å². The van der Waals surface area contributed by atoms with Crippen molar-refractivity contribution in [1.29, 1.82) is 0 Å². The second kappa shape index (κ2) is 4.40. The lowest BCUT2D eigenvalue weighted by atomic mass is 10.2. The topological polar surface area (TPSA) is 30.2 Å². The number of hydrogen-bond acceptors (Lipinski definition) is 3. The van der Waals surface area contributed by atoms with Crippen molar-refractivity contribution < 1.29 is 0 Å². The lowest BCUT2D eigenvalue weighted by molar-refractivity contribution is 0.922. The first-order valence-corrected chi connectivity index (χ1v) is 7.09. The van der Waals surface area contributed by atoms with Gasteiger partial charge in [0.2, 0.25) is 4.96 Å². The van der Waals surface area contributed by atoms with Crippen molar-refractivity contribution in [2.24, 2.45) is 0 Å². The first-order chi connectivity index (χ1) is 8.29. The molecule has 0 aliphatic carbocycles. The van der Waals surface area contributed by atoms with Gasteiger partial charge in [0.25, 0.3) is 0 Å². The largest absolute Gasteiger partial charge is 0.213 e. The van der Waals surface area contributed by atoms with Crippen LogP contribution < -0.4 is 0 Å². The third-order valence-electron chi connectivity index (χ3n) is 2.40. The van der Waals surface area contributed by atoms with Crippen molar-refractivity contribution in [3.63, 3.8) is 0 Å². The molecule has 0 N–H and O–H groups in total. The van der Waals surface area contributed by atoms with E-state index in [-0.39, 0.29) is 0 Å². The minimum absolute atomic E-state index is 0.415. The lowest BCUT2D eigenvalue weighted by Crippen LogP contribution is -1.91. The van der Waals surface area contributed by atoms with Gasteiger partial charge in [-0.1, -0.05) is 41.7 Å². The molecule has 0 fully saturated rings. The third kappa shape index (κ3) is 1.88. The maximum absolute atomic E-state index is 5.90. The van der Waals surface area contributed by atoms with E-state index in [0.717, 1.165) is 25.8 Å². The standard InChI is InChI=1S/C11H7BrClN3S/c12-9-8(6-13)16-11(17-9)14-10(15-16)7-4-2-1-3-5-7/h1-5H,6H2. The molecule has 0 unspecified atom stereocenters. The minimum atomic E-state index is 0.415. The van der Waals surface area contributed by atoms with Crippen LogP contribution in [0.15, 0.2) is 34.1 Å². The van der Waals surface area contributed by atoms with E-state index >= 15 is 0 Å². The molecule has 86 valence electrons. The molecule has 0 spiro atoms. The van der Waals surface area contributed by atoms with E-state index in [2.05, 4.69) is 26.0 Å². The Kier molecular flexibility index (Phi) is 2.90. The molecule has 0 atom stereocenters. The van der Waals surface area contributed by atoms with Crippen LogP contribution in [0.4, 0.5) is 0 Å². The van der Waals surface area contributed by atoms with Gasteiger partial charge in [0.1, 0.15) is 0 Å². The van der Waals surface area contributed by atoms with E-state index in [1.54, 1.807) is 15.9 Å². The molecule has 2 heterocycles. The summed E-state index contributed by atoms with van der Waals surface area (Å²) in [5, 5.41) is 4.48. The van der Waals surface area contributed by atoms with Gasteiger partial charge in [-0.25, -0.2) is 4.52 Å². The first kappa shape index (κ1) is 11.2. The SMILES string of the molecule is ClCc1c(Br)sc2nc(-c3ccccc3)nn12. The number of halogens is 2. The zero-order valence-electron chi connectivity index (χ0n) is 8.60. The molecule has 1 aromatic carbocycles. The maximum Gasteiger partial charge on any atom is 0.213 e. The Hall–Kier alpha value is -0.910. The lowest BCUT2D eigenvalue weighted by Gasteiger charge is -1.93. The summed E-state index contributed by atoms with van der Waals surface area (Å²) in [6.45, 7) is 0. The highest BCUT2D eigenvalue weighted by molar-refractivity contribution is 9.11. The zero-order valence-corrected chi connectivity index (χ0v) is 11.8. The second-order valence-electron chi connectivity index (χ2n) is 3.45. The molecule has 3 nitrogen and oxygen atoms in total. The van der Waals surface area contributed by atoms with Crippen LogP contribution in [0.2, 0.25) is 0 Å². The Labute approximate surface area is 115 Å². The van der Waals surface area contributed by atoms with Crippen LogP contribution in [0.3, 0.4) is 0 Å². The molecule has 0 radical (unpaired) electrons. The summed E-state index contributed by atoms with van der Waals surface area (Å²) in [6.07, 6.45) is 0. The smallest absolute Gasteiger partial charge is 0.205 e. The fraction of sp³-hybridized carbons (Fsp3) is 0.0909. The normalized spacial score (nSPS) is 11.2. The minimum Gasteiger partial charge on any atom is -0.205 e. The molecule has 17 heavy (non-hydrogen) atoms. The van der Waals surface area contributed by atoms with E-state index in [9.17, 15) is 0 Å². The number of thiazole rings is 1. The van der Waals surface area contributed by atoms with E-state index < -0.39 is 0 Å². The summed E-state index contributed by atoms with van der Waals surface area (Å²) in [6, 6.07) is 9.91. The Bertz CT molecular complexity index is 662. The van der Waals surface area contributed by atoms with Crippen LogP contribution in [-0.2, 0) is 5.88 Å². The quantitative estimate of drug-likeness (QED) is 0.667. The second-order valence-corrected chi connectivity index (χ2v) is 6.01. The van der Waals surface area contributed by atoms with Crippen molar-refractivity contribution in [1.82, 2.24) is 14.6 Å². The molecule has 2 aromatic heterocycles. The van der Waals surface area contributed by atoms with Crippen molar-refractivity contribution in [2.45, 2.75) is 5.88 Å². The average Bonchev–Trinajstić information content (AvgIpc) is 2.86. The monoisotopic (exact) mass is 327 g/mol. The highest BCUT2D eigenvalue weighted by Crippen LogP contribution is 2.30. The van der Waals surface area contributed by atoms with Crippen LogP contribution in [0.1, 0.15) is 5.69 Å². The Morgan fingerprint density at radius 1 is 1.29 bits per heavy atom. The summed E-state index contributed by atoms with van der Waals surface area (Å²) in [5.41, 5.74) is 1.96. The van der Waals surface area contributed by atoms with Gasteiger partial charge in [-0.3, -0.25) is 0 Å². The molecule has 0 aliphatic heterocycles. The van der Waals surface area contributed by atoms with Crippen molar-refractivity contribution >= 4 is 43.8 Å². The number of rotatable bonds is 2. The molecule has 0 saturated heterocycles. The third-order valence-corrected chi connectivity index (χ3v) is 4.46. The number of hydrogen-bond donors (Lipinski definition) is 0. The predicted molar refractivity (Wildman–Crippen MR) is 73.6 cm³/mol. The van der Waals surface area contributed by atoms with Gasteiger partial charge in [-0.15, -0.1) is 16.7 Å². The van der Waals surface area contributed by atoms with E-state index in [4.69, 9.17) is 11.6 Å². The van der Waals surface area contributed by atoms with Crippen molar-refractivity contribution in [3.05, 3.63) is 39.8 Å². The Morgan fingerprint density at radius 2 is 2.06 bits per heavy atom. The Balaban J connectivity index is 2.18. The van der Waals surface area contributed by atoms with Crippen LogP contribution in [-0.4, -0.2) is 14.6 Å². The average molecular weight is 329 g/mol. The van der Waals surface area contributed by atoms with Crippen LogP contribution in [0.25, 0.3) is 16.3 Å². The fourth-order valence-electron chi connectivity index (χ4n) is 1.58. The molecular weight excluding hydrogens is 322 g/mol. The molecule has 0 amide bonds.